The van der Waals surface area contributed by atoms with Gasteiger partial charge in [0, 0.05) is 24.3 Å². The quantitative estimate of drug-likeness (QED) is 0.649. The van der Waals surface area contributed by atoms with Crippen molar-refractivity contribution in [3.05, 3.63) is 0 Å². The van der Waals surface area contributed by atoms with Gasteiger partial charge >= 0.3 is 0 Å². The Morgan fingerprint density at radius 3 is 3.00 bits per heavy atom. The SMILES string of the molecule is CCC(=O)N1CCCC1CBr. The van der Waals surface area contributed by atoms with Crippen LogP contribution < -0.4 is 0 Å². The third-order valence-corrected chi connectivity index (χ3v) is 2.93. The molecule has 1 saturated heterocycles. The van der Waals surface area contributed by atoms with Gasteiger partial charge in [0.1, 0.15) is 0 Å². The predicted octanol–water partition coefficient (Wildman–Crippen LogP) is 1.78. The number of hydrogen-bond donors (Lipinski definition) is 0. The van der Waals surface area contributed by atoms with E-state index in [0.717, 1.165) is 18.3 Å². The van der Waals surface area contributed by atoms with Gasteiger partial charge in [-0.1, -0.05) is 22.9 Å². The van der Waals surface area contributed by atoms with Gasteiger partial charge in [0.25, 0.3) is 0 Å². The van der Waals surface area contributed by atoms with E-state index in [-0.39, 0.29) is 0 Å². The molecule has 1 heterocycles. The topological polar surface area (TPSA) is 20.3 Å². The van der Waals surface area contributed by atoms with Gasteiger partial charge in [-0.25, -0.2) is 0 Å². The zero-order valence-electron chi connectivity index (χ0n) is 6.85. The van der Waals surface area contributed by atoms with Crippen LogP contribution in [-0.2, 0) is 4.79 Å². The lowest BCUT2D eigenvalue weighted by molar-refractivity contribution is -0.131. The van der Waals surface area contributed by atoms with Gasteiger partial charge in [-0.05, 0) is 12.8 Å². The molecule has 0 radical (unpaired) electrons. The van der Waals surface area contributed by atoms with Crippen LogP contribution in [0.1, 0.15) is 26.2 Å². The molecule has 1 amide bonds. The monoisotopic (exact) mass is 219 g/mol. The summed E-state index contributed by atoms with van der Waals surface area (Å²) < 4.78 is 0. The zero-order chi connectivity index (χ0) is 8.27. The Morgan fingerprint density at radius 1 is 1.73 bits per heavy atom. The van der Waals surface area contributed by atoms with Crippen LogP contribution in [0.3, 0.4) is 0 Å². The highest BCUT2D eigenvalue weighted by molar-refractivity contribution is 9.09. The van der Waals surface area contributed by atoms with E-state index >= 15 is 0 Å². The highest BCUT2D eigenvalue weighted by Crippen LogP contribution is 2.19. The van der Waals surface area contributed by atoms with Gasteiger partial charge in [0.05, 0.1) is 0 Å². The first-order chi connectivity index (χ1) is 5.29. The number of likely N-dealkylation sites (tertiary alicyclic amines) is 1. The fraction of sp³-hybridized carbons (Fsp3) is 0.875. The van der Waals surface area contributed by atoms with Crippen molar-refractivity contribution in [2.24, 2.45) is 0 Å². The minimum atomic E-state index is 0.298. The Kier molecular flexibility index (Phi) is 3.37. The predicted molar refractivity (Wildman–Crippen MR) is 48.8 cm³/mol. The van der Waals surface area contributed by atoms with E-state index in [9.17, 15) is 4.79 Å². The normalized spacial score (nSPS) is 24.2. The summed E-state index contributed by atoms with van der Waals surface area (Å²) >= 11 is 3.42. The third-order valence-electron chi connectivity index (χ3n) is 2.18. The molecule has 2 nitrogen and oxygen atoms in total. The summed E-state index contributed by atoms with van der Waals surface area (Å²) in [6, 6.07) is 0.461. The summed E-state index contributed by atoms with van der Waals surface area (Å²) in [5, 5.41) is 0.929. The number of amides is 1. The van der Waals surface area contributed by atoms with Crippen molar-refractivity contribution in [2.45, 2.75) is 32.2 Å². The molecule has 0 bridgehead atoms. The highest BCUT2D eigenvalue weighted by Gasteiger charge is 2.26. The maximum absolute atomic E-state index is 11.3. The van der Waals surface area contributed by atoms with Crippen molar-refractivity contribution >= 4 is 21.8 Å². The zero-order valence-corrected chi connectivity index (χ0v) is 8.43. The summed E-state index contributed by atoms with van der Waals surface area (Å²) in [7, 11) is 0. The maximum Gasteiger partial charge on any atom is 0.222 e. The first kappa shape index (κ1) is 9.04. The van der Waals surface area contributed by atoms with E-state index in [1.165, 1.54) is 6.42 Å². The lowest BCUT2D eigenvalue weighted by atomic mass is 10.2. The van der Waals surface area contributed by atoms with Crippen LogP contribution in [0, 0.1) is 0 Å². The van der Waals surface area contributed by atoms with Gasteiger partial charge in [-0.3, -0.25) is 4.79 Å². The van der Waals surface area contributed by atoms with E-state index in [4.69, 9.17) is 0 Å². The number of carbonyl (C=O) groups is 1. The Labute approximate surface area is 76.1 Å². The molecule has 0 aromatic rings. The molecule has 1 fully saturated rings. The van der Waals surface area contributed by atoms with E-state index < -0.39 is 0 Å². The average molecular weight is 220 g/mol. The second kappa shape index (κ2) is 4.10. The largest absolute Gasteiger partial charge is 0.339 e. The molecule has 64 valence electrons. The Bertz CT molecular complexity index is 149. The second-order valence-electron chi connectivity index (χ2n) is 2.89. The van der Waals surface area contributed by atoms with Crippen LogP contribution >= 0.6 is 15.9 Å². The molecule has 0 aromatic carbocycles. The highest BCUT2D eigenvalue weighted by atomic mass is 79.9. The molecular weight excluding hydrogens is 206 g/mol. The van der Waals surface area contributed by atoms with Crippen molar-refractivity contribution in [3.8, 4) is 0 Å². The molecule has 1 atom stereocenters. The Balaban J connectivity index is 2.49. The molecule has 0 aromatic heterocycles. The molecular formula is C8H14BrNO. The lowest BCUT2D eigenvalue weighted by Crippen LogP contribution is -2.35. The molecule has 0 saturated carbocycles. The standard InChI is InChI=1S/C8H14BrNO/c1-2-8(11)10-5-3-4-7(10)6-9/h7H,2-6H2,1H3. The molecule has 1 aliphatic rings. The first-order valence-electron chi connectivity index (χ1n) is 4.15. The minimum absolute atomic E-state index is 0.298. The number of halogens is 1. The molecule has 0 aliphatic carbocycles. The lowest BCUT2D eigenvalue weighted by Gasteiger charge is -2.22. The molecule has 3 heteroatoms. The smallest absolute Gasteiger partial charge is 0.222 e. The van der Waals surface area contributed by atoms with Crippen LogP contribution in [-0.4, -0.2) is 28.7 Å². The fourth-order valence-electron chi connectivity index (χ4n) is 1.53. The second-order valence-corrected chi connectivity index (χ2v) is 3.54. The van der Waals surface area contributed by atoms with Crippen LogP contribution in [0.2, 0.25) is 0 Å². The van der Waals surface area contributed by atoms with Crippen molar-refractivity contribution in [3.63, 3.8) is 0 Å². The fourth-order valence-corrected chi connectivity index (χ4v) is 2.20. The van der Waals surface area contributed by atoms with Crippen LogP contribution in [0.25, 0.3) is 0 Å². The number of alkyl halides is 1. The number of nitrogens with zero attached hydrogens (tertiary/aromatic N) is 1. The van der Waals surface area contributed by atoms with E-state index in [1.807, 2.05) is 11.8 Å². The van der Waals surface area contributed by atoms with E-state index in [0.29, 0.717) is 18.4 Å². The van der Waals surface area contributed by atoms with Crippen LogP contribution in [0.4, 0.5) is 0 Å². The molecule has 1 aliphatic heterocycles. The maximum atomic E-state index is 11.3. The van der Waals surface area contributed by atoms with E-state index in [1.54, 1.807) is 0 Å². The number of carbonyl (C=O) groups excluding carboxylic acids is 1. The van der Waals surface area contributed by atoms with Crippen LogP contribution in [0.15, 0.2) is 0 Å². The van der Waals surface area contributed by atoms with Crippen LogP contribution in [0.5, 0.6) is 0 Å². The average Bonchev–Trinajstić information content (AvgIpc) is 2.50. The van der Waals surface area contributed by atoms with Gasteiger partial charge in [-0.15, -0.1) is 0 Å². The van der Waals surface area contributed by atoms with Gasteiger partial charge in [0.15, 0.2) is 0 Å². The molecule has 0 spiro atoms. The number of rotatable bonds is 2. The van der Waals surface area contributed by atoms with E-state index in [2.05, 4.69) is 15.9 Å². The van der Waals surface area contributed by atoms with Gasteiger partial charge in [0.2, 0.25) is 5.91 Å². The first-order valence-corrected chi connectivity index (χ1v) is 5.27. The van der Waals surface area contributed by atoms with Crippen molar-refractivity contribution in [1.29, 1.82) is 0 Å². The Hall–Kier alpha value is -0.0500. The van der Waals surface area contributed by atoms with Crippen molar-refractivity contribution in [1.82, 2.24) is 4.90 Å². The summed E-state index contributed by atoms with van der Waals surface area (Å²) in [6.45, 7) is 2.88. The van der Waals surface area contributed by atoms with Gasteiger partial charge in [-0.2, -0.15) is 0 Å². The molecule has 1 rings (SSSR count). The number of hydrogen-bond acceptors (Lipinski definition) is 1. The van der Waals surface area contributed by atoms with Gasteiger partial charge < -0.3 is 4.90 Å². The molecule has 11 heavy (non-hydrogen) atoms. The molecule has 0 N–H and O–H groups in total. The minimum Gasteiger partial charge on any atom is -0.339 e. The summed E-state index contributed by atoms with van der Waals surface area (Å²) in [5.74, 6) is 0.298. The molecule has 1 unspecified atom stereocenters. The van der Waals surface area contributed by atoms with Crippen molar-refractivity contribution in [2.75, 3.05) is 11.9 Å². The summed E-state index contributed by atoms with van der Waals surface area (Å²) in [4.78, 5) is 13.3. The summed E-state index contributed by atoms with van der Waals surface area (Å²) in [5.41, 5.74) is 0. The third kappa shape index (κ3) is 1.95. The Morgan fingerprint density at radius 2 is 2.45 bits per heavy atom. The summed E-state index contributed by atoms with van der Waals surface area (Å²) in [6.07, 6.45) is 2.97. The van der Waals surface area contributed by atoms with Crippen molar-refractivity contribution < 1.29 is 4.79 Å².